The number of nitrogens with zero attached hydrogens (tertiary/aromatic N) is 2. The summed E-state index contributed by atoms with van der Waals surface area (Å²) in [6.07, 6.45) is 8.72. The van der Waals surface area contributed by atoms with E-state index in [0.29, 0.717) is 11.1 Å². The van der Waals surface area contributed by atoms with Gasteiger partial charge in [-0.2, -0.15) is 0 Å². The van der Waals surface area contributed by atoms with Crippen LogP contribution in [0.5, 0.6) is 0 Å². The molecule has 1 amide bonds. The van der Waals surface area contributed by atoms with E-state index in [-0.39, 0.29) is 11.3 Å². The van der Waals surface area contributed by atoms with Gasteiger partial charge in [0.1, 0.15) is 5.15 Å². The molecule has 4 aliphatic rings. The number of halogens is 1. The van der Waals surface area contributed by atoms with Crippen molar-refractivity contribution < 1.29 is 4.79 Å². The lowest BCUT2D eigenvalue weighted by atomic mass is 9.49. The summed E-state index contributed by atoms with van der Waals surface area (Å²) in [5.41, 5.74) is -0.166. The molecule has 4 fully saturated rings. The molecule has 4 aliphatic carbocycles. The van der Waals surface area contributed by atoms with Gasteiger partial charge >= 0.3 is 0 Å². The van der Waals surface area contributed by atoms with Crippen molar-refractivity contribution in [2.45, 2.75) is 38.5 Å². The van der Waals surface area contributed by atoms with E-state index in [2.05, 4.69) is 15.3 Å². The van der Waals surface area contributed by atoms with Gasteiger partial charge in [0.25, 0.3) is 0 Å². The minimum atomic E-state index is -0.166. The summed E-state index contributed by atoms with van der Waals surface area (Å²) in [5, 5.41) is 3.26. The summed E-state index contributed by atoms with van der Waals surface area (Å²) < 4.78 is 0. The molecule has 0 aromatic carbocycles. The number of carbonyl (C=O) groups is 1. The second kappa shape index (κ2) is 4.42. The van der Waals surface area contributed by atoms with E-state index in [1.165, 1.54) is 19.3 Å². The molecule has 0 saturated heterocycles. The van der Waals surface area contributed by atoms with Gasteiger partial charge in [0, 0.05) is 6.20 Å². The average molecular weight is 292 g/mol. The lowest BCUT2D eigenvalue weighted by Crippen LogP contribution is -2.51. The highest BCUT2D eigenvalue weighted by Crippen LogP contribution is 2.60. The number of aromatic nitrogens is 2. The molecule has 1 aromatic heterocycles. The molecule has 4 bridgehead atoms. The molecule has 4 saturated carbocycles. The second-order valence-corrected chi connectivity index (χ2v) is 7.24. The number of hydrogen-bond donors (Lipinski definition) is 1. The summed E-state index contributed by atoms with van der Waals surface area (Å²) in [6.45, 7) is 0. The first kappa shape index (κ1) is 12.6. The monoisotopic (exact) mass is 291 g/mol. The molecular formula is C15H18ClN3O. The van der Waals surface area contributed by atoms with Crippen LogP contribution in [-0.4, -0.2) is 15.9 Å². The Morgan fingerprint density at radius 1 is 1.20 bits per heavy atom. The Hall–Kier alpha value is -1.16. The standard InChI is InChI=1S/C15H18ClN3O/c16-12-1-2-17-14(18-12)19-13(20)15-6-9-3-10(7-15)5-11(4-9)8-15/h1-2,9-11H,3-8H2,(H,17,18,19,20). The molecule has 0 aliphatic heterocycles. The van der Waals surface area contributed by atoms with Crippen LogP contribution < -0.4 is 5.32 Å². The van der Waals surface area contributed by atoms with Crippen LogP contribution in [0.1, 0.15) is 38.5 Å². The van der Waals surface area contributed by atoms with E-state index in [4.69, 9.17) is 11.6 Å². The van der Waals surface area contributed by atoms with E-state index < -0.39 is 0 Å². The highest BCUT2D eigenvalue weighted by atomic mass is 35.5. The number of nitrogens with one attached hydrogen (secondary N) is 1. The molecule has 106 valence electrons. The lowest BCUT2D eigenvalue weighted by molar-refractivity contribution is -0.140. The third-order valence-electron chi connectivity index (χ3n) is 5.37. The maximum absolute atomic E-state index is 12.7. The van der Waals surface area contributed by atoms with E-state index in [1.54, 1.807) is 12.3 Å². The van der Waals surface area contributed by atoms with Crippen molar-refractivity contribution in [3.63, 3.8) is 0 Å². The molecule has 5 rings (SSSR count). The van der Waals surface area contributed by atoms with E-state index in [0.717, 1.165) is 37.0 Å². The number of hydrogen-bond acceptors (Lipinski definition) is 3. The van der Waals surface area contributed by atoms with Gasteiger partial charge in [0.2, 0.25) is 11.9 Å². The third-order valence-corrected chi connectivity index (χ3v) is 5.58. The summed E-state index contributed by atoms with van der Waals surface area (Å²) in [4.78, 5) is 20.9. The highest BCUT2D eigenvalue weighted by Gasteiger charge is 2.54. The van der Waals surface area contributed by atoms with Gasteiger partial charge < -0.3 is 0 Å². The fraction of sp³-hybridized carbons (Fsp3) is 0.667. The van der Waals surface area contributed by atoms with E-state index in [1.807, 2.05) is 0 Å². The minimum absolute atomic E-state index is 0.110. The van der Waals surface area contributed by atoms with Crippen LogP contribution in [0.4, 0.5) is 5.95 Å². The molecule has 1 aromatic rings. The SMILES string of the molecule is O=C(Nc1nccc(Cl)n1)C12CC3CC(CC(C3)C1)C2. The Labute approximate surface area is 123 Å². The summed E-state index contributed by atoms with van der Waals surface area (Å²) in [6, 6.07) is 1.61. The highest BCUT2D eigenvalue weighted by molar-refractivity contribution is 6.29. The quantitative estimate of drug-likeness (QED) is 0.851. The first-order chi connectivity index (χ1) is 9.63. The molecule has 0 atom stereocenters. The minimum Gasteiger partial charge on any atom is -0.294 e. The maximum atomic E-state index is 12.7. The summed E-state index contributed by atoms with van der Waals surface area (Å²) in [7, 11) is 0. The summed E-state index contributed by atoms with van der Waals surface area (Å²) in [5.74, 6) is 2.71. The van der Waals surface area contributed by atoms with Crippen LogP contribution in [0, 0.1) is 23.2 Å². The van der Waals surface area contributed by atoms with Gasteiger partial charge in [-0.05, 0) is 62.3 Å². The van der Waals surface area contributed by atoms with Crippen molar-refractivity contribution in [1.29, 1.82) is 0 Å². The largest absolute Gasteiger partial charge is 0.294 e. The van der Waals surface area contributed by atoms with Gasteiger partial charge in [0.15, 0.2) is 0 Å². The fourth-order valence-corrected chi connectivity index (χ4v) is 5.16. The normalized spacial score (nSPS) is 38.0. The van der Waals surface area contributed by atoms with Crippen molar-refractivity contribution in [2.24, 2.45) is 23.2 Å². The Balaban J connectivity index is 1.56. The van der Waals surface area contributed by atoms with Gasteiger partial charge in [-0.3, -0.25) is 10.1 Å². The number of anilines is 1. The van der Waals surface area contributed by atoms with Crippen LogP contribution in [0.2, 0.25) is 5.15 Å². The predicted octanol–water partition coefficient (Wildman–Crippen LogP) is 3.28. The molecule has 0 radical (unpaired) electrons. The van der Waals surface area contributed by atoms with Gasteiger partial charge in [-0.25, -0.2) is 9.97 Å². The molecule has 0 spiro atoms. The third kappa shape index (κ3) is 2.01. The topological polar surface area (TPSA) is 54.9 Å². The molecule has 1 heterocycles. The van der Waals surface area contributed by atoms with Crippen molar-refractivity contribution in [2.75, 3.05) is 5.32 Å². The van der Waals surface area contributed by atoms with Crippen LogP contribution in [0.25, 0.3) is 0 Å². The Morgan fingerprint density at radius 2 is 1.80 bits per heavy atom. The van der Waals surface area contributed by atoms with Crippen LogP contribution in [0.15, 0.2) is 12.3 Å². The molecule has 20 heavy (non-hydrogen) atoms. The number of carbonyl (C=O) groups excluding carboxylic acids is 1. The number of rotatable bonds is 2. The zero-order valence-corrected chi connectivity index (χ0v) is 12.1. The van der Waals surface area contributed by atoms with E-state index >= 15 is 0 Å². The van der Waals surface area contributed by atoms with E-state index in [9.17, 15) is 4.79 Å². The fourth-order valence-electron chi connectivity index (χ4n) is 5.02. The van der Waals surface area contributed by atoms with Gasteiger partial charge in [-0.1, -0.05) is 11.6 Å². The van der Waals surface area contributed by atoms with Gasteiger partial charge in [0.05, 0.1) is 5.41 Å². The van der Waals surface area contributed by atoms with Gasteiger partial charge in [-0.15, -0.1) is 0 Å². The van der Waals surface area contributed by atoms with Crippen LogP contribution in [0.3, 0.4) is 0 Å². The second-order valence-electron chi connectivity index (χ2n) is 6.85. The van der Waals surface area contributed by atoms with Crippen molar-refractivity contribution >= 4 is 23.5 Å². The molecule has 5 heteroatoms. The Bertz CT molecular complexity index is 525. The molecule has 1 N–H and O–H groups in total. The number of amides is 1. The maximum Gasteiger partial charge on any atom is 0.232 e. The smallest absolute Gasteiger partial charge is 0.232 e. The lowest BCUT2D eigenvalue weighted by Gasteiger charge is -2.55. The predicted molar refractivity (Wildman–Crippen MR) is 76.3 cm³/mol. The molecule has 4 nitrogen and oxygen atoms in total. The zero-order valence-electron chi connectivity index (χ0n) is 11.3. The van der Waals surface area contributed by atoms with Crippen molar-refractivity contribution in [3.05, 3.63) is 17.4 Å². The van der Waals surface area contributed by atoms with Crippen LogP contribution in [-0.2, 0) is 4.79 Å². The first-order valence-electron chi connectivity index (χ1n) is 7.43. The summed E-state index contributed by atoms with van der Waals surface area (Å²) >= 11 is 5.84. The van der Waals surface area contributed by atoms with Crippen LogP contribution >= 0.6 is 11.6 Å². The Kier molecular flexibility index (Phi) is 2.78. The zero-order chi connectivity index (χ0) is 13.7. The van der Waals surface area contributed by atoms with Crippen molar-refractivity contribution in [3.8, 4) is 0 Å². The average Bonchev–Trinajstić information content (AvgIpc) is 2.37. The first-order valence-corrected chi connectivity index (χ1v) is 7.81. The molecular weight excluding hydrogens is 274 g/mol. The van der Waals surface area contributed by atoms with Crippen molar-refractivity contribution in [1.82, 2.24) is 9.97 Å². The molecule has 0 unspecified atom stereocenters. The Morgan fingerprint density at radius 3 is 2.35 bits per heavy atom.